The molecule has 1 N–H and O–H groups in total. The fourth-order valence-electron chi connectivity index (χ4n) is 2.42. The first-order chi connectivity index (χ1) is 11.9. The summed E-state index contributed by atoms with van der Waals surface area (Å²) in [5.41, 5.74) is 2.06. The zero-order chi connectivity index (χ0) is 18.0. The van der Waals surface area contributed by atoms with Crippen LogP contribution in [0.5, 0.6) is 0 Å². The van der Waals surface area contributed by atoms with Crippen LogP contribution in [-0.2, 0) is 6.54 Å². The van der Waals surface area contributed by atoms with E-state index >= 15 is 0 Å². The zero-order valence-electron chi connectivity index (χ0n) is 13.9. The molecular formula is C19H17ClN2O3. The van der Waals surface area contributed by atoms with Crippen molar-refractivity contribution in [2.24, 2.45) is 0 Å². The molecule has 0 radical (unpaired) electrons. The van der Waals surface area contributed by atoms with Gasteiger partial charge in [0.15, 0.2) is 11.2 Å². The van der Waals surface area contributed by atoms with Gasteiger partial charge in [0.2, 0.25) is 0 Å². The molecule has 0 aliphatic carbocycles. The standard InChI is InChI=1S/C19H17ClN2O3/c1-22(2)14-6-3-12(4-7-14)11-21-19(24)18-10-16(23)15-9-13(20)5-8-17(15)25-18/h3-10H,11H2,1-2H3,(H,21,24). The third-order valence-electron chi connectivity index (χ3n) is 3.82. The van der Waals surface area contributed by atoms with Crippen molar-refractivity contribution in [2.45, 2.75) is 6.54 Å². The van der Waals surface area contributed by atoms with Crippen LogP contribution in [0.25, 0.3) is 11.0 Å². The van der Waals surface area contributed by atoms with Crippen molar-refractivity contribution >= 4 is 34.2 Å². The summed E-state index contributed by atoms with van der Waals surface area (Å²) < 4.78 is 5.52. The first-order valence-corrected chi connectivity index (χ1v) is 8.10. The molecule has 1 heterocycles. The van der Waals surface area contributed by atoms with E-state index in [2.05, 4.69) is 5.32 Å². The Labute approximate surface area is 149 Å². The maximum absolute atomic E-state index is 12.3. The average Bonchev–Trinajstić information content (AvgIpc) is 2.60. The fraction of sp³-hybridized carbons (Fsp3) is 0.158. The number of anilines is 1. The first-order valence-electron chi connectivity index (χ1n) is 7.72. The van der Waals surface area contributed by atoms with Crippen molar-refractivity contribution in [2.75, 3.05) is 19.0 Å². The summed E-state index contributed by atoms with van der Waals surface area (Å²) in [6, 6.07) is 13.7. The minimum atomic E-state index is -0.439. The van der Waals surface area contributed by atoms with E-state index in [1.165, 1.54) is 12.1 Å². The van der Waals surface area contributed by atoms with Gasteiger partial charge in [-0.05, 0) is 35.9 Å². The van der Waals surface area contributed by atoms with Crippen LogP contribution in [-0.4, -0.2) is 20.0 Å². The molecule has 6 heteroatoms. The molecule has 25 heavy (non-hydrogen) atoms. The molecule has 0 atom stereocenters. The van der Waals surface area contributed by atoms with Gasteiger partial charge < -0.3 is 14.6 Å². The molecule has 0 bridgehead atoms. The van der Waals surface area contributed by atoms with Gasteiger partial charge >= 0.3 is 0 Å². The lowest BCUT2D eigenvalue weighted by Crippen LogP contribution is -2.24. The van der Waals surface area contributed by atoms with E-state index in [0.29, 0.717) is 22.5 Å². The van der Waals surface area contributed by atoms with Crippen LogP contribution < -0.4 is 15.6 Å². The lowest BCUT2D eigenvalue weighted by Gasteiger charge is -2.12. The topological polar surface area (TPSA) is 62.6 Å². The molecule has 0 aliphatic heterocycles. The fourth-order valence-corrected chi connectivity index (χ4v) is 2.59. The minimum absolute atomic E-state index is 0.0234. The monoisotopic (exact) mass is 356 g/mol. The van der Waals surface area contributed by atoms with Gasteiger partial charge in [-0.15, -0.1) is 0 Å². The summed E-state index contributed by atoms with van der Waals surface area (Å²) in [6.07, 6.45) is 0. The van der Waals surface area contributed by atoms with E-state index in [9.17, 15) is 9.59 Å². The Balaban J connectivity index is 1.76. The van der Waals surface area contributed by atoms with Gasteiger partial charge in [-0.1, -0.05) is 23.7 Å². The minimum Gasteiger partial charge on any atom is -0.451 e. The van der Waals surface area contributed by atoms with Gasteiger partial charge in [-0.2, -0.15) is 0 Å². The smallest absolute Gasteiger partial charge is 0.287 e. The molecule has 3 aromatic rings. The summed E-state index contributed by atoms with van der Waals surface area (Å²) in [5.74, 6) is -0.463. The maximum Gasteiger partial charge on any atom is 0.287 e. The summed E-state index contributed by atoms with van der Waals surface area (Å²) in [6.45, 7) is 0.342. The van der Waals surface area contributed by atoms with Crippen LogP contribution in [0.2, 0.25) is 5.02 Å². The molecule has 0 saturated heterocycles. The molecule has 0 unspecified atom stereocenters. The summed E-state index contributed by atoms with van der Waals surface area (Å²) in [5, 5.41) is 3.55. The zero-order valence-corrected chi connectivity index (χ0v) is 14.6. The number of amides is 1. The molecule has 2 aromatic carbocycles. The largest absolute Gasteiger partial charge is 0.451 e. The number of fused-ring (bicyclic) bond motifs is 1. The molecule has 1 aromatic heterocycles. The highest BCUT2D eigenvalue weighted by Crippen LogP contribution is 2.18. The molecule has 128 valence electrons. The number of carbonyl (C=O) groups is 1. The molecular weight excluding hydrogens is 340 g/mol. The Hall–Kier alpha value is -2.79. The highest BCUT2D eigenvalue weighted by atomic mass is 35.5. The number of benzene rings is 2. The normalized spacial score (nSPS) is 10.7. The second-order valence-electron chi connectivity index (χ2n) is 5.86. The SMILES string of the molecule is CN(C)c1ccc(CNC(=O)c2cc(=O)c3cc(Cl)ccc3o2)cc1. The second-order valence-corrected chi connectivity index (χ2v) is 6.30. The van der Waals surface area contributed by atoms with Crippen LogP contribution in [0.15, 0.2) is 57.7 Å². The van der Waals surface area contributed by atoms with Gasteiger partial charge in [0.05, 0.1) is 5.39 Å². The van der Waals surface area contributed by atoms with E-state index in [-0.39, 0.29) is 11.2 Å². The number of rotatable bonds is 4. The number of hydrogen-bond donors (Lipinski definition) is 1. The Morgan fingerprint density at radius 1 is 1.12 bits per heavy atom. The second kappa shape index (κ2) is 6.99. The lowest BCUT2D eigenvalue weighted by molar-refractivity contribution is 0.0923. The van der Waals surface area contributed by atoms with Crippen LogP contribution >= 0.6 is 11.6 Å². The van der Waals surface area contributed by atoms with E-state index in [1.54, 1.807) is 12.1 Å². The average molecular weight is 357 g/mol. The van der Waals surface area contributed by atoms with Crippen molar-refractivity contribution in [3.63, 3.8) is 0 Å². The van der Waals surface area contributed by atoms with Crippen molar-refractivity contribution in [3.05, 3.63) is 75.1 Å². The highest BCUT2D eigenvalue weighted by molar-refractivity contribution is 6.31. The summed E-state index contributed by atoms with van der Waals surface area (Å²) in [7, 11) is 3.93. The maximum atomic E-state index is 12.3. The molecule has 3 rings (SSSR count). The van der Waals surface area contributed by atoms with Gasteiger partial charge in [-0.25, -0.2) is 0 Å². The van der Waals surface area contributed by atoms with Crippen molar-refractivity contribution in [1.29, 1.82) is 0 Å². The molecule has 0 aliphatic rings. The molecule has 0 saturated carbocycles. The third kappa shape index (κ3) is 3.83. The number of nitrogens with zero attached hydrogens (tertiary/aromatic N) is 1. The highest BCUT2D eigenvalue weighted by Gasteiger charge is 2.12. The van der Waals surface area contributed by atoms with Crippen LogP contribution in [0.4, 0.5) is 5.69 Å². The summed E-state index contributed by atoms with van der Waals surface area (Å²) in [4.78, 5) is 26.4. The van der Waals surface area contributed by atoms with Crippen LogP contribution in [0, 0.1) is 0 Å². The number of halogens is 1. The molecule has 1 amide bonds. The molecule has 0 fully saturated rings. The molecule has 0 spiro atoms. The Morgan fingerprint density at radius 3 is 2.52 bits per heavy atom. The Kier molecular flexibility index (Phi) is 4.76. The van der Waals surface area contributed by atoms with Gasteiger partial charge in [0.1, 0.15) is 5.58 Å². The number of nitrogens with one attached hydrogen (secondary N) is 1. The van der Waals surface area contributed by atoms with E-state index in [1.807, 2.05) is 43.3 Å². The van der Waals surface area contributed by atoms with Crippen molar-refractivity contribution < 1.29 is 9.21 Å². The predicted octanol–water partition coefficient (Wildman–Crippen LogP) is 3.44. The summed E-state index contributed by atoms with van der Waals surface area (Å²) >= 11 is 5.88. The number of hydrogen-bond acceptors (Lipinski definition) is 4. The van der Waals surface area contributed by atoms with E-state index < -0.39 is 5.91 Å². The van der Waals surface area contributed by atoms with Crippen LogP contribution in [0.1, 0.15) is 16.1 Å². The number of carbonyl (C=O) groups excluding carboxylic acids is 1. The van der Waals surface area contributed by atoms with Crippen molar-refractivity contribution in [3.8, 4) is 0 Å². The Bertz CT molecular complexity index is 978. The van der Waals surface area contributed by atoms with E-state index in [0.717, 1.165) is 11.3 Å². The molecule has 5 nitrogen and oxygen atoms in total. The Morgan fingerprint density at radius 2 is 1.84 bits per heavy atom. The first kappa shape index (κ1) is 17.0. The van der Waals surface area contributed by atoms with Gasteiger partial charge in [0, 0.05) is 37.4 Å². The third-order valence-corrected chi connectivity index (χ3v) is 4.05. The quantitative estimate of drug-likeness (QED) is 0.777. The lowest BCUT2D eigenvalue weighted by atomic mass is 10.2. The van der Waals surface area contributed by atoms with Gasteiger partial charge in [0.25, 0.3) is 5.91 Å². The van der Waals surface area contributed by atoms with Crippen LogP contribution in [0.3, 0.4) is 0 Å². The van der Waals surface area contributed by atoms with Gasteiger partial charge in [-0.3, -0.25) is 9.59 Å². The predicted molar refractivity (Wildman–Crippen MR) is 99.4 cm³/mol. The van der Waals surface area contributed by atoms with Crippen molar-refractivity contribution in [1.82, 2.24) is 5.32 Å². The van der Waals surface area contributed by atoms with E-state index in [4.69, 9.17) is 16.0 Å².